The van der Waals surface area contributed by atoms with Gasteiger partial charge >= 0.3 is 6.03 Å². The molecule has 1 fully saturated rings. The molecule has 0 unspecified atom stereocenters. The van der Waals surface area contributed by atoms with E-state index < -0.39 is 0 Å². The summed E-state index contributed by atoms with van der Waals surface area (Å²) in [6.07, 6.45) is 1.01. The third-order valence-corrected chi connectivity index (χ3v) is 5.51. The standard InChI is InChI=1S/C21H26BrN3O2/c1-24(16-18-4-2-3-5-20(18)22)21(26)23-19-8-6-17(7-9-19)10-11-25-12-14-27-15-13-25/h2-9H,10-16H2,1H3,(H,23,26). The number of anilines is 1. The summed E-state index contributed by atoms with van der Waals surface area (Å²) in [5.41, 5.74) is 3.17. The molecule has 6 heteroatoms. The number of ether oxygens (including phenoxy) is 1. The number of nitrogens with zero attached hydrogens (tertiary/aromatic N) is 2. The van der Waals surface area contributed by atoms with Gasteiger partial charge in [-0.1, -0.05) is 46.3 Å². The van der Waals surface area contributed by atoms with Crippen LogP contribution in [0.1, 0.15) is 11.1 Å². The molecule has 0 aliphatic carbocycles. The minimum absolute atomic E-state index is 0.119. The highest BCUT2D eigenvalue weighted by molar-refractivity contribution is 9.10. The van der Waals surface area contributed by atoms with Crippen molar-refractivity contribution in [2.45, 2.75) is 13.0 Å². The lowest BCUT2D eigenvalue weighted by Gasteiger charge is -2.26. The van der Waals surface area contributed by atoms with Crippen LogP contribution in [0.3, 0.4) is 0 Å². The lowest BCUT2D eigenvalue weighted by atomic mass is 10.1. The SMILES string of the molecule is CN(Cc1ccccc1Br)C(=O)Nc1ccc(CCN2CCOCC2)cc1. The predicted octanol–water partition coefficient (Wildman–Crippen LogP) is 3.99. The minimum atomic E-state index is -0.119. The molecule has 0 radical (unpaired) electrons. The molecule has 0 saturated carbocycles. The van der Waals surface area contributed by atoms with Gasteiger partial charge in [0.25, 0.3) is 0 Å². The second-order valence-electron chi connectivity index (χ2n) is 6.78. The molecule has 5 nitrogen and oxygen atoms in total. The van der Waals surface area contributed by atoms with Crippen LogP contribution in [0.4, 0.5) is 10.5 Å². The predicted molar refractivity (Wildman–Crippen MR) is 112 cm³/mol. The third-order valence-electron chi connectivity index (χ3n) is 4.74. The van der Waals surface area contributed by atoms with Crippen molar-refractivity contribution in [3.63, 3.8) is 0 Å². The zero-order valence-corrected chi connectivity index (χ0v) is 17.2. The molecule has 1 N–H and O–H groups in total. The smallest absolute Gasteiger partial charge is 0.321 e. The van der Waals surface area contributed by atoms with Crippen molar-refractivity contribution < 1.29 is 9.53 Å². The molecule has 2 aromatic carbocycles. The molecule has 0 atom stereocenters. The average molecular weight is 432 g/mol. The van der Waals surface area contributed by atoms with E-state index in [0.717, 1.165) is 55.0 Å². The van der Waals surface area contributed by atoms with Crippen molar-refractivity contribution in [2.75, 3.05) is 45.2 Å². The minimum Gasteiger partial charge on any atom is -0.379 e. The van der Waals surface area contributed by atoms with Crippen LogP contribution in [0.5, 0.6) is 0 Å². The Morgan fingerprint density at radius 3 is 2.56 bits per heavy atom. The van der Waals surface area contributed by atoms with Gasteiger partial charge in [-0.05, 0) is 35.7 Å². The third kappa shape index (κ3) is 6.06. The number of carbonyl (C=O) groups is 1. The van der Waals surface area contributed by atoms with Crippen LogP contribution < -0.4 is 5.32 Å². The lowest BCUT2D eigenvalue weighted by Crippen LogP contribution is -2.37. The summed E-state index contributed by atoms with van der Waals surface area (Å²) in [5.74, 6) is 0. The number of carbonyl (C=O) groups excluding carboxylic acids is 1. The Labute approximate surface area is 169 Å². The van der Waals surface area contributed by atoms with E-state index in [1.807, 2.05) is 36.4 Å². The topological polar surface area (TPSA) is 44.8 Å². The summed E-state index contributed by atoms with van der Waals surface area (Å²) in [5, 5.41) is 2.96. The number of urea groups is 1. The van der Waals surface area contributed by atoms with E-state index in [1.165, 1.54) is 5.56 Å². The molecule has 2 aromatic rings. The maximum atomic E-state index is 12.4. The van der Waals surface area contributed by atoms with Gasteiger partial charge in [0.15, 0.2) is 0 Å². The summed E-state index contributed by atoms with van der Waals surface area (Å²) in [6.45, 7) is 5.28. The first-order valence-corrected chi connectivity index (χ1v) is 10.1. The van der Waals surface area contributed by atoms with E-state index in [9.17, 15) is 4.79 Å². The number of halogens is 1. The zero-order valence-electron chi connectivity index (χ0n) is 15.7. The molecule has 1 heterocycles. The summed E-state index contributed by atoms with van der Waals surface area (Å²) < 4.78 is 6.39. The van der Waals surface area contributed by atoms with Crippen LogP contribution in [-0.2, 0) is 17.7 Å². The number of nitrogens with one attached hydrogen (secondary N) is 1. The molecule has 2 amide bonds. The van der Waals surface area contributed by atoms with E-state index in [2.05, 4.69) is 38.3 Å². The van der Waals surface area contributed by atoms with Crippen LogP contribution in [0, 0.1) is 0 Å². The van der Waals surface area contributed by atoms with Crippen molar-refractivity contribution in [1.82, 2.24) is 9.80 Å². The molecule has 144 valence electrons. The monoisotopic (exact) mass is 431 g/mol. The molecule has 0 spiro atoms. The zero-order chi connectivity index (χ0) is 19.1. The van der Waals surface area contributed by atoms with E-state index >= 15 is 0 Å². The Morgan fingerprint density at radius 2 is 1.85 bits per heavy atom. The number of rotatable bonds is 6. The Hall–Kier alpha value is -1.89. The molecule has 0 bridgehead atoms. The van der Waals surface area contributed by atoms with E-state index in [4.69, 9.17) is 4.74 Å². The van der Waals surface area contributed by atoms with Crippen LogP contribution in [0.15, 0.2) is 53.0 Å². The van der Waals surface area contributed by atoms with Crippen molar-refractivity contribution in [3.05, 3.63) is 64.1 Å². The summed E-state index contributed by atoms with van der Waals surface area (Å²) in [7, 11) is 1.80. The Bertz CT molecular complexity index is 745. The first kappa shape index (κ1) is 19.9. The average Bonchev–Trinajstić information content (AvgIpc) is 2.70. The second kappa shape index (κ2) is 9.88. The van der Waals surface area contributed by atoms with Crippen LogP contribution >= 0.6 is 15.9 Å². The number of amides is 2. The van der Waals surface area contributed by atoms with Crippen molar-refractivity contribution in [2.24, 2.45) is 0 Å². The van der Waals surface area contributed by atoms with Crippen LogP contribution in [0.25, 0.3) is 0 Å². The molecule has 1 aliphatic rings. The fraction of sp³-hybridized carbons (Fsp3) is 0.381. The molecular formula is C21H26BrN3O2. The van der Waals surface area contributed by atoms with Gasteiger partial charge in [0.1, 0.15) is 0 Å². The Morgan fingerprint density at radius 1 is 1.15 bits per heavy atom. The number of hydrogen-bond acceptors (Lipinski definition) is 3. The second-order valence-corrected chi connectivity index (χ2v) is 7.63. The molecule has 1 aliphatic heterocycles. The van der Waals surface area contributed by atoms with Gasteiger partial charge in [-0.15, -0.1) is 0 Å². The largest absolute Gasteiger partial charge is 0.379 e. The maximum absolute atomic E-state index is 12.4. The molecule has 27 heavy (non-hydrogen) atoms. The number of hydrogen-bond donors (Lipinski definition) is 1. The quantitative estimate of drug-likeness (QED) is 0.751. The molecule has 1 saturated heterocycles. The Kier molecular flexibility index (Phi) is 7.26. The van der Waals surface area contributed by atoms with Gasteiger partial charge in [-0.2, -0.15) is 0 Å². The van der Waals surface area contributed by atoms with E-state index in [1.54, 1.807) is 11.9 Å². The fourth-order valence-electron chi connectivity index (χ4n) is 3.04. The van der Waals surface area contributed by atoms with Crippen LogP contribution in [-0.4, -0.2) is 55.7 Å². The van der Waals surface area contributed by atoms with Crippen molar-refractivity contribution >= 4 is 27.6 Å². The molecule has 0 aromatic heterocycles. The fourth-order valence-corrected chi connectivity index (χ4v) is 3.45. The molecule has 3 rings (SSSR count). The highest BCUT2D eigenvalue weighted by atomic mass is 79.9. The molecular weight excluding hydrogens is 406 g/mol. The van der Waals surface area contributed by atoms with E-state index in [0.29, 0.717) is 6.54 Å². The summed E-state index contributed by atoms with van der Waals surface area (Å²) in [4.78, 5) is 16.5. The first-order valence-electron chi connectivity index (χ1n) is 9.26. The first-order chi connectivity index (χ1) is 13.1. The van der Waals surface area contributed by atoms with Gasteiger partial charge < -0.3 is 15.0 Å². The van der Waals surface area contributed by atoms with Gasteiger partial charge in [0.05, 0.1) is 13.2 Å². The van der Waals surface area contributed by atoms with Gasteiger partial charge in [0, 0.05) is 43.4 Å². The van der Waals surface area contributed by atoms with Gasteiger partial charge in [-0.25, -0.2) is 4.79 Å². The summed E-state index contributed by atoms with van der Waals surface area (Å²) in [6, 6.07) is 15.9. The lowest BCUT2D eigenvalue weighted by molar-refractivity contribution is 0.0384. The number of morpholine rings is 1. The van der Waals surface area contributed by atoms with E-state index in [-0.39, 0.29) is 6.03 Å². The van der Waals surface area contributed by atoms with Crippen molar-refractivity contribution in [3.8, 4) is 0 Å². The normalized spacial score (nSPS) is 14.7. The summed E-state index contributed by atoms with van der Waals surface area (Å²) >= 11 is 3.52. The highest BCUT2D eigenvalue weighted by Crippen LogP contribution is 2.18. The van der Waals surface area contributed by atoms with Crippen molar-refractivity contribution in [1.29, 1.82) is 0 Å². The highest BCUT2D eigenvalue weighted by Gasteiger charge is 2.12. The maximum Gasteiger partial charge on any atom is 0.321 e. The van der Waals surface area contributed by atoms with Gasteiger partial charge in [0.2, 0.25) is 0 Å². The van der Waals surface area contributed by atoms with Crippen LogP contribution in [0.2, 0.25) is 0 Å². The van der Waals surface area contributed by atoms with Gasteiger partial charge in [-0.3, -0.25) is 4.90 Å². The Balaban J connectivity index is 1.48. The number of benzene rings is 2.